The van der Waals surface area contributed by atoms with Crippen molar-refractivity contribution in [2.45, 2.75) is 13.5 Å². The molecule has 0 aliphatic rings. The molecule has 1 aromatic heterocycles. The van der Waals surface area contributed by atoms with Gasteiger partial charge >= 0.3 is 11.9 Å². The zero-order valence-electron chi connectivity index (χ0n) is 10.3. The molecular formula is C14H13NO4. The first kappa shape index (κ1) is 12.9. The Kier molecular flexibility index (Phi) is 3.37. The van der Waals surface area contributed by atoms with Gasteiger partial charge in [0.05, 0.1) is 5.56 Å². The fourth-order valence-electron chi connectivity index (χ4n) is 1.95. The molecule has 0 aliphatic carbocycles. The van der Waals surface area contributed by atoms with E-state index in [0.29, 0.717) is 6.54 Å². The normalized spacial score (nSPS) is 10.4. The maximum atomic E-state index is 11.1. The molecule has 1 heterocycles. The third-order valence-electron chi connectivity index (χ3n) is 2.93. The van der Waals surface area contributed by atoms with Gasteiger partial charge in [0, 0.05) is 12.2 Å². The molecular weight excluding hydrogens is 246 g/mol. The highest BCUT2D eigenvalue weighted by Gasteiger charge is 2.12. The quantitative estimate of drug-likeness (QED) is 0.882. The van der Waals surface area contributed by atoms with E-state index in [2.05, 4.69) is 0 Å². The maximum Gasteiger partial charge on any atom is 0.352 e. The maximum absolute atomic E-state index is 11.1. The lowest BCUT2D eigenvalue weighted by molar-refractivity contribution is 0.0678. The summed E-state index contributed by atoms with van der Waals surface area (Å²) >= 11 is 0. The number of hydrogen-bond donors (Lipinski definition) is 2. The Balaban J connectivity index is 2.36. The third-order valence-corrected chi connectivity index (χ3v) is 2.93. The minimum atomic E-state index is -0.998. The molecule has 0 saturated carbocycles. The van der Waals surface area contributed by atoms with Crippen molar-refractivity contribution < 1.29 is 19.8 Å². The number of aryl methyl sites for hydroxylation is 1. The van der Waals surface area contributed by atoms with E-state index in [1.165, 1.54) is 6.07 Å². The Morgan fingerprint density at radius 1 is 1.11 bits per heavy atom. The van der Waals surface area contributed by atoms with E-state index < -0.39 is 11.9 Å². The van der Waals surface area contributed by atoms with Gasteiger partial charge in [-0.05, 0) is 36.8 Å². The average Bonchev–Trinajstić information content (AvgIpc) is 2.71. The van der Waals surface area contributed by atoms with Crippen molar-refractivity contribution in [1.29, 1.82) is 0 Å². The number of hydrogen-bond acceptors (Lipinski definition) is 2. The topological polar surface area (TPSA) is 79.5 Å². The second kappa shape index (κ2) is 4.97. The minimum absolute atomic E-state index is 0.193. The second-order valence-electron chi connectivity index (χ2n) is 4.26. The van der Waals surface area contributed by atoms with Crippen LogP contribution in [0.5, 0.6) is 0 Å². The molecule has 2 rings (SSSR count). The predicted octanol–water partition coefficient (Wildman–Crippen LogP) is 2.24. The first-order chi connectivity index (χ1) is 8.99. The van der Waals surface area contributed by atoms with E-state index >= 15 is 0 Å². The van der Waals surface area contributed by atoms with Crippen molar-refractivity contribution in [1.82, 2.24) is 4.57 Å². The van der Waals surface area contributed by atoms with Crippen LogP contribution >= 0.6 is 0 Å². The molecule has 2 aromatic rings. The highest BCUT2D eigenvalue weighted by Crippen LogP contribution is 2.13. The molecule has 0 saturated heterocycles. The molecule has 98 valence electrons. The summed E-state index contributed by atoms with van der Waals surface area (Å²) < 4.78 is 1.64. The monoisotopic (exact) mass is 259 g/mol. The van der Waals surface area contributed by atoms with Crippen molar-refractivity contribution in [3.8, 4) is 0 Å². The van der Waals surface area contributed by atoms with E-state index in [1.807, 2.05) is 6.92 Å². The zero-order chi connectivity index (χ0) is 14.0. The molecule has 0 bridgehead atoms. The van der Waals surface area contributed by atoms with Gasteiger partial charge in [-0.25, -0.2) is 9.59 Å². The number of aromatic nitrogens is 1. The predicted molar refractivity (Wildman–Crippen MR) is 68.6 cm³/mol. The molecule has 0 radical (unpaired) electrons. The van der Waals surface area contributed by atoms with Crippen LogP contribution in [0.4, 0.5) is 0 Å². The molecule has 5 heteroatoms. The number of aromatic carboxylic acids is 2. The highest BCUT2D eigenvalue weighted by molar-refractivity contribution is 5.88. The molecule has 5 nitrogen and oxygen atoms in total. The standard InChI is InChI=1S/C14H13NO4/c1-9-5-6-12(14(18)19)15(9)8-10-3-2-4-11(7-10)13(16)17/h2-7H,8H2,1H3,(H,16,17)(H,18,19). The van der Waals surface area contributed by atoms with Crippen LogP contribution in [0.3, 0.4) is 0 Å². The SMILES string of the molecule is Cc1ccc(C(=O)O)n1Cc1cccc(C(=O)O)c1. The number of nitrogens with zero attached hydrogens (tertiary/aromatic N) is 1. The van der Waals surface area contributed by atoms with Gasteiger partial charge in [0.15, 0.2) is 0 Å². The summed E-state index contributed by atoms with van der Waals surface area (Å²) in [6, 6.07) is 9.75. The lowest BCUT2D eigenvalue weighted by Gasteiger charge is -2.10. The summed E-state index contributed by atoms with van der Waals surface area (Å²) in [5, 5.41) is 18.0. The largest absolute Gasteiger partial charge is 0.478 e. The lowest BCUT2D eigenvalue weighted by atomic mass is 10.1. The fraction of sp³-hybridized carbons (Fsp3) is 0.143. The van der Waals surface area contributed by atoms with E-state index in [-0.39, 0.29) is 11.3 Å². The molecule has 0 amide bonds. The van der Waals surface area contributed by atoms with Crippen molar-refractivity contribution in [2.24, 2.45) is 0 Å². The summed E-state index contributed by atoms with van der Waals surface area (Å²) in [5.74, 6) is -1.99. The summed E-state index contributed by atoms with van der Waals surface area (Å²) in [6.45, 7) is 2.15. The van der Waals surface area contributed by atoms with Crippen molar-refractivity contribution in [2.75, 3.05) is 0 Å². The Morgan fingerprint density at radius 3 is 2.47 bits per heavy atom. The Hall–Kier alpha value is -2.56. The van der Waals surface area contributed by atoms with Gasteiger partial charge < -0.3 is 14.8 Å². The fourth-order valence-corrected chi connectivity index (χ4v) is 1.95. The van der Waals surface area contributed by atoms with Crippen molar-refractivity contribution >= 4 is 11.9 Å². The molecule has 0 aliphatic heterocycles. The van der Waals surface area contributed by atoms with E-state index in [1.54, 1.807) is 34.9 Å². The Morgan fingerprint density at radius 2 is 1.84 bits per heavy atom. The zero-order valence-corrected chi connectivity index (χ0v) is 10.3. The summed E-state index contributed by atoms with van der Waals surface area (Å²) in [4.78, 5) is 22.0. The van der Waals surface area contributed by atoms with Gasteiger partial charge in [-0.1, -0.05) is 12.1 Å². The van der Waals surface area contributed by atoms with Crippen LogP contribution in [0.25, 0.3) is 0 Å². The molecule has 0 unspecified atom stereocenters. The molecule has 0 atom stereocenters. The molecule has 0 spiro atoms. The van der Waals surface area contributed by atoms with Crippen LogP contribution in [-0.2, 0) is 6.54 Å². The molecule has 1 aromatic carbocycles. The third kappa shape index (κ3) is 2.65. The van der Waals surface area contributed by atoms with E-state index in [9.17, 15) is 9.59 Å². The first-order valence-electron chi connectivity index (χ1n) is 5.70. The molecule has 0 fully saturated rings. The summed E-state index contributed by atoms with van der Waals surface area (Å²) in [5.41, 5.74) is 1.96. The van der Waals surface area contributed by atoms with Crippen molar-refractivity contribution in [3.05, 3.63) is 58.9 Å². The van der Waals surface area contributed by atoms with Gasteiger partial charge in [0.25, 0.3) is 0 Å². The number of benzene rings is 1. The highest BCUT2D eigenvalue weighted by atomic mass is 16.4. The minimum Gasteiger partial charge on any atom is -0.478 e. The van der Waals surface area contributed by atoms with Crippen LogP contribution in [0.2, 0.25) is 0 Å². The summed E-state index contributed by atoms with van der Waals surface area (Å²) in [7, 11) is 0. The first-order valence-corrected chi connectivity index (χ1v) is 5.70. The van der Waals surface area contributed by atoms with Gasteiger partial charge in [-0.2, -0.15) is 0 Å². The van der Waals surface area contributed by atoms with E-state index in [4.69, 9.17) is 10.2 Å². The van der Waals surface area contributed by atoms with Crippen LogP contribution in [0.1, 0.15) is 32.1 Å². The number of carboxylic acid groups (broad SMARTS) is 2. The number of rotatable bonds is 4. The van der Waals surface area contributed by atoms with Crippen molar-refractivity contribution in [3.63, 3.8) is 0 Å². The van der Waals surface area contributed by atoms with E-state index in [0.717, 1.165) is 11.3 Å². The molecule has 2 N–H and O–H groups in total. The average molecular weight is 259 g/mol. The van der Waals surface area contributed by atoms with Crippen LogP contribution in [0, 0.1) is 6.92 Å². The van der Waals surface area contributed by atoms with Gasteiger partial charge in [-0.15, -0.1) is 0 Å². The Labute approximate surface area is 109 Å². The smallest absolute Gasteiger partial charge is 0.352 e. The second-order valence-corrected chi connectivity index (χ2v) is 4.26. The Bertz CT molecular complexity index is 643. The van der Waals surface area contributed by atoms with Crippen LogP contribution < -0.4 is 0 Å². The van der Waals surface area contributed by atoms with Crippen LogP contribution in [0.15, 0.2) is 36.4 Å². The number of carboxylic acids is 2. The summed E-state index contributed by atoms with van der Waals surface area (Å²) in [6.07, 6.45) is 0. The van der Waals surface area contributed by atoms with Crippen LogP contribution in [-0.4, -0.2) is 26.7 Å². The van der Waals surface area contributed by atoms with Gasteiger partial charge in [0.1, 0.15) is 5.69 Å². The van der Waals surface area contributed by atoms with Gasteiger partial charge in [0.2, 0.25) is 0 Å². The van der Waals surface area contributed by atoms with Gasteiger partial charge in [-0.3, -0.25) is 0 Å². The number of carbonyl (C=O) groups is 2. The molecule has 19 heavy (non-hydrogen) atoms. The lowest BCUT2D eigenvalue weighted by Crippen LogP contribution is -2.11.